The summed E-state index contributed by atoms with van der Waals surface area (Å²) < 4.78 is 29.4. The molecule has 0 N–H and O–H groups in total. The van der Waals surface area contributed by atoms with Crippen molar-refractivity contribution in [3.63, 3.8) is 0 Å². The summed E-state index contributed by atoms with van der Waals surface area (Å²) in [5, 5.41) is 0. The van der Waals surface area contributed by atoms with Crippen LogP contribution in [0.25, 0.3) is 5.57 Å². The molecule has 1 aromatic carbocycles. The van der Waals surface area contributed by atoms with Crippen LogP contribution in [0.3, 0.4) is 0 Å². The Bertz CT molecular complexity index is 752. The van der Waals surface area contributed by atoms with Gasteiger partial charge in [0.15, 0.2) is 11.6 Å². The van der Waals surface area contributed by atoms with Crippen LogP contribution in [-0.4, -0.2) is 0 Å². The van der Waals surface area contributed by atoms with Gasteiger partial charge in [-0.25, -0.2) is 8.78 Å². The third kappa shape index (κ3) is 7.03. The molecule has 32 heavy (non-hydrogen) atoms. The number of aryl methyl sites for hydroxylation is 1. The maximum Gasteiger partial charge on any atom is 0.166 e. The van der Waals surface area contributed by atoms with Crippen molar-refractivity contribution < 1.29 is 8.78 Å². The highest BCUT2D eigenvalue weighted by molar-refractivity contribution is 5.67. The van der Waals surface area contributed by atoms with Gasteiger partial charge < -0.3 is 0 Å². The van der Waals surface area contributed by atoms with Crippen molar-refractivity contribution in [1.29, 1.82) is 0 Å². The van der Waals surface area contributed by atoms with Gasteiger partial charge in [-0.05, 0) is 99.5 Å². The molecule has 1 unspecified atom stereocenters. The summed E-state index contributed by atoms with van der Waals surface area (Å²) >= 11 is 0. The highest BCUT2D eigenvalue weighted by atomic mass is 19.2. The largest absolute Gasteiger partial charge is 0.203 e. The first kappa shape index (κ1) is 25.2. The third-order valence-electron chi connectivity index (χ3n) is 7.93. The fraction of sp³-hybridized carbons (Fsp3) is 0.667. The summed E-state index contributed by atoms with van der Waals surface area (Å²) in [6.07, 6.45) is 24.2. The molecule has 2 aliphatic carbocycles. The topological polar surface area (TPSA) is 0 Å². The summed E-state index contributed by atoms with van der Waals surface area (Å²) in [4.78, 5) is 0. The smallest absolute Gasteiger partial charge is 0.166 e. The summed E-state index contributed by atoms with van der Waals surface area (Å²) in [6, 6.07) is 3.64. The normalized spacial score (nSPS) is 24.1. The summed E-state index contributed by atoms with van der Waals surface area (Å²) in [5.74, 6) is 1.16. The summed E-state index contributed by atoms with van der Waals surface area (Å²) in [5.41, 5.74) is 2.05. The molecule has 0 saturated heterocycles. The van der Waals surface area contributed by atoms with Crippen LogP contribution in [0, 0.1) is 29.4 Å². The molecule has 2 aliphatic rings. The first-order valence-corrected chi connectivity index (χ1v) is 13.4. The lowest BCUT2D eigenvalue weighted by Crippen LogP contribution is -2.23. The number of rotatable bonds is 11. The highest BCUT2D eigenvalue weighted by Crippen LogP contribution is 2.42. The molecule has 1 atom stereocenters. The lowest BCUT2D eigenvalue weighted by molar-refractivity contribution is 0.195. The van der Waals surface area contributed by atoms with Crippen LogP contribution in [0.2, 0.25) is 0 Å². The van der Waals surface area contributed by atoms with E-state index in [1.54, 1.807) is 0 Å². The average molecular weight is 443 g/mol. The van der Waals surface area contributed by atoms with E-state index in [0.29, 0.717) is 17.5 Å². The van der Waals surface area contributed by atoms with Crippen molar-refractivity contribution in [2.75, 3.05) is 0 Å². The van der Waals surface area contributed by atoms with E-state index in [9.17, 15) is 8.78 Å². The average Bonchev–Trinajstić information content (AvgIpc) is 2.82. The van der Waals surface area contributed by atoms with Gasteiger partial charge in [-0.15, -0.1) is 0 Å². The molecule has 0 radical (unpaired) electrons. The minimum Gasteiger partial charge on any atom is -0.203 e. The second-order valence-corrected chi connectivity index (χ2v) is 10.3. The zero-order valence-corrected chi connectivity index (χ0v) is 20.5. The molecule has 1 fully saturated rings. The second kappa shape index (κ2) is 13.3. The van der Waals surface area contributed by atoms with Gasteiger partial charge in [0.25, 0.3) is 0 Å². The Kier molecular flexibility index (Phi) is 10.5. The SMILES string of the molecule is CCCC/C=C\CC1CCC(C2CC=C(c3ccc(CCCCC)c(F)c3F)CC2)CC1. The summed E-state index contributed by atoms with van der Waals surface area (Å²) in [6.45, 7) is 4.37. The van der Waals surface area contributed by atoms with E-state index in [1.165, 1.54) is 51.4 Å². The van der Waals surface area contributed by atoms with Gasteiger partial charge in [0.2, 0.25) is 0 Å². The predicted molar refractivity (Wildman–Crippen MR) is 134 cm³/mol. The molecule has 0 nitrogen and oxygen atoms in total. The van der Waals surface area contributed by atoms with Crippen molar-refractivity contribution in [3.8, 4) is 0 Å². The standard InChI is InChI=1S/C30H44F2/c1-3-5-7-8-10-11-23-13-15-24(16-14-23)25-17-19-26(20-18-25)28-22-21-27(12-9-6-4-2)29(31)30(28)32/h8,10,19,21-25H,3-7,9,11-18,20H2,1-2H3/b10-8-. The maximum absolute atomic E-state index is 14.8. The van der Waals surface area contributed by atoms with E-state index in [4.69, 9.17) is 0 Å². The van der Waals surface area contributed by atoms with Crippen molar-refractivity contribution in [3.05, 3.63) is 53.1 Å². The molecular formula is C30H44F2. The van der Waals surface area contributed by atoms with Gasteiger partial charge >= 0.3 is 0 Å². The second-order valence-electron chi connectivity index (χ2n) is 10.3. The molecule has 3 rings (SSSR count). The Balaban J connectivity index is 1.49. The minimum absolute atomic E-state index is 0.499. The van der Waals surface area contributed by atoms with Crippen LogP contribution < -0.4 is 0 Å². The Morgan fingerprint density at radius 1 is 0.844 bits per heavy atom. The fourth-order valence-corrected chi connectivity index (χ4v) is 5.75. The van der Waals surface area contributed by atoms with Gasteiger partial charge in [-0.2, -0.15) is 0 Å². The molecule has 0 aromatic heterocycles. The monoisotopic (exact) mass is 442 g/mol. The van der Waals surface area contributed by atoms with Gasteiger partial charge in [0, 0.05) is 5.56 Å². The van der Waals surface area contributed by atoms with E-state index in [1.807, 2.05) is 12.1 Å². The van der Waals surface area contributed by atoms with Crippen molar-refractivity contribution >= 4 is 5.57 Å². The number of hydrogen-bond acceptors (Lipinski definition) is 0. The number of unbranched alkanes of at least 4 members (excludes halogenated alkanes) is 4. The van der Waals surface area contributed by atoms with Crippen LogP contribution in [0.5, 0.6) is 0 Å². The number of benzene rings is 1. The molecule has 0 bridgehead atoms. The van der Waals surface area contributed by atoms with E-state index in [-0.39, 0.29) is 0 Å². The molecule has 178 valence electrons. The van der Waals surface area contributed by atoms with Crippen LogP contribution in [0.1, 0.15) is 115 Å². The minimum atomic E-state index is -0.629. The predicted octanol–water partition coefficient (Wildman–Crippen LogP) is 9.82. The number of allylic oxidation sites excluding steroid dienone is 4. The van der Waals surface area contributed by atoms with Gasteiger partial charge in [-0.1, -0.05) is 69.9 Å². The third-order valence-corrected chi connectivity index (χ3v) is 7.93. The first-order valence-electron chi connectivity index (χ1n) is 13.4. The Labute approximate surface area is 195 Å². The lowest BCUT2D eigenvalue weighted by atomic mass is 9.70. The number of halogens is 2. The highest BCUT2D eigenvalue weighted by Gasteiger charge is 2.29. The maximum atomic E-state index is 14.8. The van der Waals surface area contributed by atoms with Crippen LogP contribution in [-0.2, 0) is 6.42 Å². The van der Waals surface area contributed by atoms with Gasteiger partial charge in [0.05, 0.1) is 0 Å². The molecule has 1 aromatic rings. The number of hydrogen-bond donors (Lipinski definition) is 0. The van der Waals surface area contributed by atoms with Crippen LogP contribution in [0.15, 0.2) is 30.4 Å². The van der Waals surface area contributed by atoms with E-state index >= 15 is 0 Å². The Morgan fingerprint density at radius 2 is 1.62 bits per heavy atom. The van der Waals surface area contributed by atoms with Gasteiger partial charge in [-0.3, -0.25) is 0 Å². The zero-order valence-electron chi connectivity index (χ0n) is 20.5. The molecular weight excluding hydrogens is 398 g/mol. The molecule has 0 heterocycles. The van der Waals surface area contributed by atoms with Gasteiger partial charge in [0.1, 0.15) is 0 Å². The van der Waals surface area contributed by atoms with Crippen molar-refractivity contribution in [1.82, 2.24) is 0 Å². The van der Waals surface area contributed by atoms with Crippen LogP contribution in [0.4, 0.5) is 8.78 Å². The van der Waals surface area contributed by atoms with E-state index in [2.05, 4.69) is 32.1 Å². The molecule has 0 amide bonds. The first-order chi connectivity index (χ1) is 15.6. The lowest BCUT2D eigenvalue weighted by Gasteiger charge is -2.35. The summed E-state index contributed by atoms with van der Waals surface area (Å²) in [7, 11) is 0. The van der Waals surface area contributed by atoms with Crippen molar-refractivity contribution in [2.45, 2.75) is 110 Å². The zero-order chi connectivity index (χ0) is 22.8. The molecule has 1 saturated carbocycles. The fourth-order valence-electron chi connectivity index (χ4n) is 5.75. The van der Waals surface area contributed by atoms with E-state index in [0.717, 1.165) is 61.9 Å². The molecule has 2 heteroatoms. The Morgan fingerprint density at radius 3 is 2.31 bits per heavy atom. The van der Waals surface area contributed by atoms with Crippen molar-refractivity contribution in [2.24, 2.45) is 17.8 Å². The Hall–Kier alpha value is -1.44. The quantitative estimate of drug-likeness (QED) is 0.236. The van der Waals surface area contributed by atoms with E-state index < -0.39 is 11.6 Å². The molecule has 0 spiro atoms. The molecule has 0 aliphatic heterocycles. The van der Waals surface area contributed by atoms with Crippen LogP contribution >= 0.6 is 0 Å².